The normalized spacial score (nSPS) is 18.1. The smallest absolute Gasteiger partial charge is 0.224 e. The molecule has 1 aromatic carbocycles. The molecule has 2 aliphatic rings. The van der Waals surface area contributed by atoms with Gasteiger partial charge in [-0.15, -0.1) is 0 Å². The molecule has 32 heavy (non-hydrogen) atoms. The van der Waals surface area contributed by atoms with Crippen molar-refractivity contribution >= 4 is 17.5 Å². The second-order valence-corrected chi connectivity index (χ2v) is 7.87. The molecule has 5 N–H and O–H groups in total. The molecule has 1 fully saturated rings. The first-order chi connectivity index (χ1) is 15.4. The van der Waals surface area contributed by atoms with Gasteiger partial charge in [0.2, 0.25) is 5.95 Å². The number of anilines is 2. The van der Waals surface area contributed by atoms with Gasteiger partial charge in [-0.3, -0.25) is 5.84 Å². The number of nitrogens with zero attached hydrogens (tertiary/aromatic N) is 3. The average molecular weight is 441 g/mol. The minimum atomic E-state index is -0.914. The maximum atomic E-state index is 13.5. The quantitative estimate of drug-likeness (QED) is 0.268. The van der Waals surface area contributed by atoms with Crippen LogP contribution in [0, 0.1) is 24.5 Å². The molecule has 0 bridgehead atoms. The van der Waals surface area contributed by atoms with Crippen molar-refractivity contribution < 1.29 is 13.6 Å². The zero-order chi connectivity index (χ0) is 22.7. The topological polar surface area (TPSA) is 109 Å². The van der Waals surface area contributed by atoms with Gasteiger partial charge >= 0.3 is 0 Å². The summed E-state index contributed by atoms with van der Waals surface area (Å²) in [5, 5.41) is 10.3. The molecule has 0 saturated heterocycles. The Morgan fingerprint density at radius 1 is 1.25 bits per heavy atom. The predicted molar refractivity (Wildman–Crippen MR) is 119 cm³/mol. The number of hydrogen-bond acceptors (Lipinski definition) is 8. The van der Waals surface area contributed by atoms with Crippen LogP contribution in [0.3, 0.4) is 0 Å². The monoisotopic (exact) mass is 441 g/mol. The van der Waals surface area contributed by atoms with Crippen LogP contribution in [0.4, 0.5) is 20.5 Å². The minimum Gasteiger partial charge on any atom is -0.390 e. The number of halogens is 2. The lowest BCUT2D eigenvalue weighted by Gasteiger charge is -2.13. The molecule has 1 saturated carbocycles. The lowest BCUT2D eigenvalue weighted by molar-refractivity contribution is 0.0948. The molecular weight excluding hydrogens is 416 g/mol. The standard InChI is InChI=1S/C22H25F2N7O/c1-12(7-19(30-25)14-3-4-14)27-21-8-13(2)28-22(29-21)26-11-16-10-20(31-32-16)15-5-6-17(23)18(24)9-15/h5-9,14,16,30H,1,3-4,10-11,25H2,2H3,(H2,26,27,28,29)/b19-7-. The van der Waals surface area contributed by atoms with Crippen LogP contribution in [0.2, 0.25) is 0 Å². The highest BCUT2D eigenvalue weighted by molar-refractivity contribution is 6.01. The van der Waals surface area contributed by atoms with E-state index in [0.717, 1.165) is 36.4 Å². The van der Waals surface area contributed by atoms with Crippen LogP contribution in [0.5, 0.6) is 0 Å². The van der Waals surface area contributed by atoms with Crippen molar-refractivity contribution in [2.75, 3.05) is 17.2 Å². The summed E-state index contributed by atoms with van der Waals surface area (Å²) in [5.74, 6) is 5.26. The maximum Gasteiger partial charge on any atom is 0.224 e. The van der Waals surface area contributed by atoms with Crippen molar-refractivity contribution in [3.05, 3.63) is 71.2 Å². The second kappa shape index (κ2) is 9.31. The van der Waals surface area contributed by atoms with Crippen LogP contribution in [-0.4, -0.2) is 28.3 Å². The van der Waals surface area contributed by atoms with E-state index in [-0.39, 0.29) is 6.10 Å². The average Bonchev–Trinajstić information content (AvgIpc) is 3.49. The number of allylic oxidation sites excluding steroid dienone is 2. The minimum absolute atomic E-state index is 0.284. The van der Waals surface area contributed by atoms with Crippen molar-refractivity contribution in [2.45, 2.75) is 32.3 Å². The fourth-order valence-corrected chi connectivity index (χ4v) is 3.36. The van der Waals surface area contributed by atoms with Gasteiger partial charge in [0.15, 0.2) is 11.6 Å². The molecule has 1 aliphatic heterocycles. The van der Waals surface area contributed by atoms with E-state index in [9.17, 15) is 8.78 Å². The van der Waals surface area contributed by atoms with Crippen LogP contribution >= 0.6 is 0 Å². The highest BCUT2D eigenvalue weighted by Crippen LogP contribution is 2.35. The molecule has 2 heterocycles. The fourth-order valence-electron chi connectivity index (χ4n) is 3.36. The van der Waals surface area contributed by atoms with Crippen LogP contribution in [-0.2, 0) is 4.84 Å². The van der Waals surface area contributed by atoms with Crippen LogP contribution in [0.25, 0.3) is 0 Å². The number of nitrogens with two attached hydrogens (primary N) is 1. The SMILES string of the molecule is C=C(/C=C(\NN)C1CC1)Nc1cc(C)nc(NCC2CC(c3ccc(F)c(F)c3)=NO2)n1. The summed E-state index contributed by atoms with van der Waals surface area (Å²) < 4.78 is 26.6. The van der Waals surface area contributed by atoms with E-state index in [0.29, 0.717) is 47.6 Å². The number of aromatic nitrogens is 2. The van der Waals surface area contributed by atoms with E-state index < -0.39 is 11.6 Å². The van der Waals surface area contributed by atoms with E-state index in [1.165, 1.54) is 6.07 Å². The van der Waals surface area contributed by atoms with Gasteiger partial charge in [0, 0.05) is 41.1 Å². The van der Waals surface area contributed by atoms with Crippen LogP contribution in [0.1, 0.15) is 30.5 Å². The summed E-state index contributed by atoms with van der Waals surface area (Å²) in [7, 11) is 0. The molecule has 1 unspecified atom stereocenters. The summed E-state index contributed by atoms with van der Waals surface area (Å²) in [6, 6.07) is 5.49. The van der Waals surface area contributed by atoms with Crippen molar-refractivity contribution in [3.63, 3.8) is 0 Å². The third-order valence-corrected chi connectivity index (χ3v) is 5.13. The Balaban J connectivity index is 1.33. The van der Waals surface area contributed by atoms with E-state index in [2.05, 4.69) is 37.8 Å². The largest absolute Gasteiger partial charge is 0.390 e. The first kappa shape index (κ1) is 21.7. The molecule has 4 rings (SSSR count). The van der Waals surface area contributed by atoms with E-state index in [1.54, 1.807) is 0 Å². The van der Waals surface area contributed by atoms with E-state index in [1.807, 2.05) is 19.1 Å². The number of aryl methyl sites for hydroxylation is 1. The zero-order valence-electron chi connectivity index (χ0n) is 17.7. The van der Waals surface area contributed by atoms with Gasteiger partial charge in [-0.05, 0) is 44.0 Å². The second-order valence-electron chi connectivity index (χ2n) is 7.87. The summed E-state index contributed by atoms with van der Waals surface area (Å²) in [6.45, 7) is 6.27. The zero-order valence-corrected chi connectivity index (χ0v) is 17.7. The van der Waals surface area contributed by atoms with Crippen LogP contribution in [0.15, 0.2) is 53.5 Å². The number of hydrogen-bond donors (Lipinski definition) is 4. The van der Waals surface area contributed by atoms with Crippen molar-refractivity contribution in [1.82, 2.24) is 15.4 Å². The van der Waals surface area contributed by atoms with Gasteiger partial charge in [-0.2, -0.15) is 4.98 Å². The van der Waals surface area contributed by atoms with E-state index >= 15 is 0 Å². The molecule has 8 nitrogen and oxygen atoms in total. The number of hydrazine groups is 1. The summed E-state index contributed by atoms with van der Waals surface area (Å²) >= 11 is 0. The Morgan fingerprint density at radius 3 is 2.78 bits per heavy atom. The number of oxime groups is 1. The number of nitrogens with one attached hydrogen (secondary N) is 3. The molecule has 0 radical (unpaired) electrons. The van der Waals surface area contributed by atoms with Gasteiger partial charge in [0.1, 0.15) is 11.9 Å². The highest BCUT2D eigenvalue weighted by atomic mass is 19.2. The molecule has 0 amide bonds. The number of benzene rings is 1. The summed E-state index contributed by atoms with van der Waals surface area (Å²) in [6.07, 6.45) is 4.29. The lowest BCUT2D eigenvalue weighted by Crippen LogP contribution is -2.23. The first-order valence-corrected chi connectivity index (χ1v) is 10.3. The first-order valence-electron chi connectivity index (χ1n) is 10.3. The van der Waals surface area contributed by atoms with Crippen molar-refractivity contribution in [2.24, 2.45) is 16.9 Å². The van der Waals surface area contributed by atoms with Gasteiger partial charge in [0.25, 0.3) is 0 Å². The van der Waals surface area contributed by atoms with Crippen LogP contribution < -0.4 is 21.9 Å². The Kier molecular flexibility index (Phi) is 6.31. The third kappa shape index (κ3) is 5.38. The Hall–Kier alpha value is -3.53. The predicted octanol–water partition coefficient (Wildman–Crippen LogP) is 3.35. The molecule has 0 spiro atoms. The third-order valence-electron chi connectivity index (χ3n) is 5.13. The molecular formula is C22H25F2N7O. The summed E-state index contributed by atoms with van der Waals surface area (Å²) in [5.41, 5.74) is 6.16. The molecule has 1 aromatic heterocycles. The van der Waals surface area contributed by atoms with Gasteiger partial charge in [0.05, 0.1) is 12.3 Å². The summed E-state index contributed by atoms with van der Waals surface area (Å²) in [4.78, 5) is 14.3. The van der Waals surface area contributed by atoms with Gasteiger partial charge < -0.3 is 20.9 Å². The molecule has 1 atom stereocenters. The highest BCUT2D eigenvalue weighted by Gasteiger charge is 2.26. The molecule has 10 heteroatoms. The molecule has 2 aromatic rings. The molecule has 168 valence electrons. The van der Waals surface area contributed by atoms with Gasteiger partial charge in [-0.1, -0.05) is 11.7 Å². The lowest BCUT2D eigenvalue weighted by atomic mass is 10.0. The fraction of sp³-hybridized carbons (Fsp3) is 0.318. The van der Waals surface area contributed by atoms with Crippen molar-refractivity contribution in [3.8, 4) is 0 Å². The maximum absolute atomic E-state index is 13.5. The van der Waals surface area contributed by atoms with E-state index in [4.69, 9.17) is 10.7 Å². The number of rotatable bonds is 9. The molecule has 1 aliphatic carbocycles. The van der Waals surface area contributed by atoms with Crippen molar-refractivity contribution in [1.29, 1.82) is 0 Å². The Morgan fingerprint density at radius 2 is 2.06 bits per heavy atom. The van der Waals surface area contributed by atoms with Gasteiger partial charge in [-0.25, -0.2) is 13.8 Å². The Labute approximate surface area is 184 Å². The Bertz CT molecular complexity index is 1080.